The van der Waals surface area contributed by atoms with Crippen LogP contribution in [-0.2, 0) is 14.8 Å². The van der Waals surface area contributed by atoms with Crippen LogP contribution in [0.15, 0.2) is 53.4 Å². The van der Waals surface area contributed by atoms with E-state index in [4.69, 9.17) is 26.3 Å². The van der Waals surface area contributed by atoms with Crippen LogP contribution in [0.2, 0.25) is 5.02 Å². The van der Waals surface area contributed by atoms with Gasteiger partial charge >= 0.3 is 0 Å². The second kappa shape index (κ2) is 11.3. The Morgan fingerprint density at radius 2 is 1.58 bits per heavy atom. The Labute approximate surface area is 217 Å². The average molecular weight is 530 g/mol. The molecule has 8 nitrogen and oxygen atoms in total. The lowest BCUT2D eigenvalue weighted by molar-refractivity contribution is 0.122. The molecule has 1 saturated heterocycles. The first kappa shape index (κ1) is 25.2. The smallest absolute Gasteiger partial charge is 0.240 e. The van der Waals surface area contributed by atoms with E-state index in [0.29, 0.717) is 42.6 Å². The summed E-state index contributed by atoms with van der Waals surface area (Å²) >= 11 is 5.87. The lowest BCUT2D eigenvalue weighted by Crippen LogP contribution is -2.37. The number of morpholine rings is 1. The number of nitrogens with one attached hydrogen (secondary N) is 2. The van der Waals surface area contributed by atoms with Crippen molar-refractivity contribution in [3.8, 4) is 0 Å². The van der Waals surface area contributed by atoms with Gasteiger partial charge in [0, 0.05) is 36.6 Å². The molecule has 0 spiro atoms. The van der Waals surface area contributed by atoms with Crippen molar-refractivity contribution >= 4 is 44.3 Å². The fourth-order valence-electron chi connectivity index (χ4n) is 4.96. The van der Waals surface area contributed by atoms with Crippen molar-refractivity contribution in [3.05, 3.63) is 53.6 Å². The lowest BCUT2D eigenvalue weighted by Gasteiger charge is -2.30. The summed E-state index contributed by atoms with van der Waals surface area (Å²) < 4.78 is 33.4. The standard InChI is InChI=1S/C26H32ClN5O3S/c27-21-9-11-22(12-10-21)36(33,34)29-18-20-7-5-19(6-8-20)17-28-26-30-24-4-2-1-3-23(24)25(31-26)32-13-15-35-16-14-32/h1-4,9-12,19-20,29H,5-8,13-18H2,(H,28,30,31). The van der Waals surface area contributed by atoms with Crippen molar-refractivity contribution in [2.24, 2.45) is 11.8 Å². The SMILES string of the molecule is O=S(=O)(NCC1CCC(CNc2nc(N3CCOCC3)c3ccccc3n2)CC1)c1ccc(Cl)cc1. The molecule has 2 N–H and O–H groups in total. The Morgan fingerprint density at radius 1 is 0.917 bits per heavy atom. The van der Waals surface area contributed by atoms with Gasteiger partial charge in [0.15, 0.2) is 0 Å². The molecule has 10 heteroatoms. The molecule has 0 radical (unpaired) electrons. The Kier molecular flexibility index (Phi) is 7.90. The van der Waals surface area contributed by atoms with Gasteiger partial charge in [0.05, 0.1) is 23.6 Å². The number of aromatic nitrogens is 2. The van der Waals surface area contributed by atoms with Gasteiger partial charge in [0.1, 0.15) is 5.82 Å². The van der Waals surface area contributed by atoms with Gasteiger partial charge in [0.2, 0.25) is 16.0 Å². The molecule has 1 saturated carbocycles. The van der Waals surface area contributed by atoms with Crippen LogP contribution in [0.3, 0.4) is 0 Å². The van der Waals surface area contributed by atoms with Crippen LogP contribution < -0.4 is 14.9 Å². The highest BCUT2D eigenvalue weighted by Crippen LogP contribution is 2.30. The minimum absolute atomic E-state index is 0.247. The summed E-state index contributed by atoms with van der Waals surface area (Å²) in [6, 6.07) is 14.4. The number of ether oxygens (including phenoxy) is 1. The topological polar surface area (TPSA) is 96.5 Å². The first-order chi connectivity index (χ1) is 17.5. The zero-order valence-electron chi connectivity index (χ0n) is 20.2. The van der Waals surface area contributed by atoms with E-state index in [-0.39, 0.29) is 4.90 Å². The van der Waals surface area contributed by atoms with E-state index < -0.39 is 10.0 Å². The van der Waals surface area contributed by atoms with Gasteiger partial charge in [0.25, 0.3) is 0 Å². The summed E-state index contributed by atoms with van der Waals surface area (Å²) in [5.74, 6) is 2.47. The Morgan fingerprint density at radius 3 is 2.31 bits per heavy atom. The van der Waals surface area contributed by atoms with Crippen LogP contribution >= 0.6 is 11.6 Å². The predicted octanol–water partition coefficient (Wildman–Crippen LogP) is 4.32. The monoisotopic (exact) mass is 529 g/mol. The maximum absolute atomic E-state index is 12.6. The van der Waals surface area contributed by atoms with Gasteiger partial charge in [-0.05, 0) is 73.9 Å². The third-order valence-corrected chi connectivity index (χ3v) is 8.79. The van der Waals surface area contributed by atoms with Crippen molar-refractivity contribution in [1.82, 2.24) is 14.7 Å². The number of hydrogen-bond donors (Lipinski definition) is 2. The molecular weight excluding hydrogens is 498 g/mol. The maximum Gasteiger partial charge on any atom is 0.240 e. The molecule has 5 rings (SSSR count). The van der Waals surface area contributed by atoms with Gasteiger partial charge < -0.3 is 15.0 Å². The van der Waals surface area contributed by atoms with Crippen LogP contribution in [0.4, 0.5) is 11.8 Å². The summed E-state index contributed by atoms with van der Waals surface area (Å²) in [4.78, 5) is 12.2. The highest BCUT2D eigenvalue weighted by molar-refractivity contribution is 7.89. The highest BCUT2D eigenvalue weighted by atomic mass is 35.5. The molecule has 36 heavy (non-hydrogen) atoms. The second-order valence-corrected chi connectivity index (χ2v) is 11.8. The summed E-state index contributed by atoms with van der Waals surface area (Å²) in [5, 5.41) is 5.06. The third kappa shape index (κ3) is 6.08. The molecule has 2 aromatic carbocycles. The molecule has 0 bridgehead atoms. The molecule has 0 amide bonds. The molecule has 0 unspecified atom stereocenters. The van der Waals surface area contributed by atoms with Crippen LogP contribution in [0.25, 0.3) is 10.9 Å². The molecule has 1 aliphatic heterocycles. The largest absolute Gasteiger partial charge is 0.378 e. The number of sulfonamides is 1. The number of hydrogen-bond acceptors (Lipinski definition) is 7. The number of fused-ring (bicyclic) bond motifs is 1. The van der Waals surface area contributed by atoms with Crippen LogP contribution in [0.5, 0.6) is 0 Å². The first-order valence-electron chi connectivity index (χ1n) is 12.6. The van der Waals surface area contributed by atoms with E-state index in [1.165, 1.54) is 12.1 Å². The van der Waals surface area contributed by atoms with Gasteiger partial charge in [-0.2, -0.15) is 4.98 Å². The van der Waals surface area contributed by atoms with Crippen molar-refractivity contribution in [3.63, 3.8) is 0 Å². The Hall–Kier alpha value is -2.46. The van der Waals surface area contributed by atoms with E-state index >= 15 is 0 Å². The quantitative estimate of drug-likeness (QED) is 0.448. The van der Waals surface area contributed by atoms with Gasteiger partial charge in [-0.25, -0.2) is 18.1 Å². The number of para-hydroxylation sites is 1. The molecule has 2 aliphatic rings. The van der Waals surface area contributed by atoms with Crippen molar-refractivity contribution in [1.29, 1.82) is 0 Å². The maximum atomic E-state index is 12.6. The summed E-state index contributed by atoms with van der Waals surface area (Å²) in [6.45, 7) is 4.34. The predicted molar refractivity (Wildman–Crippen MR) is 143 cm³/mol. The first-order valence-corrected chi connectivity index (χ1v) is 14.4. The highest BCUT2D eigenvalue weighted by Gasteiger charge is 2.24. The van der Waals surface area contributed by atoms with Crippen molar-refractivity contribution in [2.45, 2.75) is 30.6 Å². The minimum atomic E-state index is -3.52. The molecule has 1 aliphatic carbocycles. The second-order valence-electron chi connectivity index (χ2n) is 9.56. The molecule has 3 aromatic rings. The van der Waals surface area contributed by atoms with Crippen LogP contribution in [0.1, 0.15) is 25.7 Å². The summed E-state index contributed by atoms with van der Waals surface area (Å²) in [7, 11) is -3.52. The lowest BCUT2D eigenvalue weighted by atomic mass is 9.82. The summed E-state index contributed by atoms with van der Waals surface area (Å²) in [6.07, 6.45) is 4.08. The van der Waals surface area contributed by atoms with E-state index in [0.717, 1.165) is 62.0 Å². The van der Waals surface area contributed by atoms with E-state index in [1.807, 2.05) is 18.2 Å². The molecular formula is C26H32ClN5O3S. The zero-order valence-corrected chi connectivity index (χ0v) is 21.8. The minimum Gasteiger partial charge on any atom is -0.378 e. The average Bonchev–Trinajstić information content (AvgIpc) is 2.91. The number of anilines is 2. The van der Waals surface area contributed by atoms with E-state index in [2.05, 4.69) is 21.0 Å². The number of rotatable bonds is 8. The Bertz CT molecular complexity index is 1270. The molecule has 2 fully saturated rings. The van der Waals surface area contributed by atoms with Gasteiger partial charge in [-0.1, -0.05) is 23.7 Å². The molecule has 2 heterocycles. The fourth-order valence-corrected chi connectivity index (χ4v) is 6.20. The molecule has 0 atom stereocenters. The number of nitrogens with zero attached hydrogens (tertiary/aromatic N) is 3. The van der Waals surface area contributed by atoms with Gasteiger partial charge in [-0.3, -0.25) is 0 Å². The van der Waals surface area contributed by atoms with Crippen LogP contribution in [-0.4, -0.2) is 57.8 Å². The third-order valence-electron chi connectivity index (χ3n) is 7.09. The van der Waals surface area contributed by atoms with E-state index in [9.17, 15) is 8.42 Å². The fraction of sp³-hybridized carbons (Fsp3) is 0.462. The molecule has 1 aromatic heterocycles. The summed E-state index contributed by atoms with van der Waals surface area (Å²) in [5.41, 5.74) is 0.938. The number of halogens is 1. The number of benzene rings is 2. The normalized spacial score (nSPS) is 21.0. The van der Waals surface area contributed by atoms with Crippen LogP contribution in [0, 0.1) is 11.8 Å². The van der Waals surface area contributed by atoms with Crippen molar-refractivity contribution in [2.75, 3.05) is 49.6 Å². The zero-order chi connectivity index (χ0) is 25.0. The van der Waals surface area contributed by atoms with Gasteiger partial charge in [-0.15, -0.1) is 0 Å². The van der Waals surface area contributed by atoms with Crippen molar-refractivity contribution < 1.29 is 13.2 Å². The Balaban J connectivity index is 1.14. The van der Waals surface area contributed by atoms with E-state index in [1.54, 1.807) is 12.1 Å². The molecule has 192 valence electrons.